The lowest BCUT2D eigenvalue weighted by atomic mass is 10.1. The second kappa shape index (κ2) is 7.43. The Hall–Kier alpha value is -2.81. The molecule has 0 spiro atoms. The van der Waals surface area contributed by atoms with Gasteiger partial charge in [0.2, 0.25) is 5.91 Å². The number of aromatic amines is 1. The smallest absolute Gasteiger partial charge is 0.321 e. The molecule has 3 N–H and O–H groups in total. The highest BCUT2D eigenvalue weighted by Crippen LogP contribution is 2.42. The van der Waals surface area contributed by atoms with Gasteiger partial charge in [0, 0.05) is 47.9 Å². The van der Waals surface area contributed by atoms with Crippen molar-refractivity contribution in [2.45, 2.75) is 30.5 Å². The van der Waals surface area contributed by atoms with E-state index in [1.807, 2.05) is 24.4 Å². The Balaban J connectivity index is 1.52. The number of thioether (sulfide) groups is 1. The van der Waals surface area contributed by atoms with Gasteiger partial charge < -0.3 is 10.3 Å². The van der Waals surface area contributed by atoms with Crippen molar-refractivity contribution in [1.29, 1.82) is 0 Å². The van der Waals surface area contributed by atoms with Crippen LogP contribution in [0.15, 0.2) is 35.6 Å². The van der Waals surface area contributed by atoms with Gasteiger partial charge in [0.05, 0.1) is 0 Å². The third kappa shape index (κ3) is 3.68. The van der Waals surface area contributed by atoms with Crippen LogP contribution in [0.3, 0.4) is 0 Å². The summed E-state index contributed by atoms with van der Waals surface area (Å²) in [5, 5.41) is 15.4. The maximum Gasteiger partial charge on any atom is 0.321 e. The van der Waals surface area contributed by atoms with E-state index in [-0.39, 0.29) is 12.3 Å². The molecule has 8 nitrogen and oxygen atoms in total. The van der Waals surface area contributed by atoms with E-state index >= 15 is 0 Å². The van der Waals surface area contributed by atoms with Gasteiger partial charge in [-0.15, -0.1) is 10.2 Å². The topological polar surface area (TPSA) is 105 Å². The number of H-pyrrole nitrogens is 1. The third-order valence-corrected chi connectivity index (χ3v) is 5.39. The Labute approximate surface area is 160 Å². The van der Waals surface area contributed by atoms with Crippen LogP contribution in [0.2, 0.25) is 0 Å². The summed E-state index contributed by atoms with van der Waals surface area (Å²) in [4.78, 5) is 26.2. The fourth-order valence-corrected chi connectivity index (χ4v) is 3.91. The molecule has 140 valence electrons. The summed E-state index contributed by atoms with van der Waals surface area (Å²) < 4.78 is 2.18. The Morgan fingerprint density at radius 2 is 2.11 bits per heavy atom. The zero-order valence-corrected chi connectivity index (χ0v) is 15.7. The molecule has 1 aliphatic rings. The zero-order chi connectivity index (χ0) is 18.8. The molecule has 0 radical (unpaired) electrons. The highest BCUT2D eigenvalue weighted by Gasteiger charge is 2.30. The van der Waals surface area contributed by atoms with Gasteiger partial charge >= 0.3 is 6.03 Å². The summed E-state index contributed by atoms with van der Waals surface area (Å²) in [6.45, 7) is 0. The molecule has 1 aliphatic carbocycles. The lowest BCUT2D eigenvalue weighted by Gasteiger charge is -2.08. The van der Waals surface area contributed by atoms with E-state index in [0.717, 1.165) is 40.3 Å². The molecular formula is C18H20N6O2S. The minimum absolute atomic E-state index is 0.234. The second-order valence-corrected chi connectivity index (χ2v) is 7.44. The van der Waals surface area contributed by atoms with Crippen molar-refractivity contribution in [1.82, 2.24) is 30.4 Å². The number of hydrogen-bond acceptors (Lipinski definition) is 5. The highest BCUT2D eigenvalue weighted by molar-refractivity contribution is 7.99. The summed E-state index contributed by atoms with van der Waals surface area (Å²) in [5.74, 6) is 1.07. The van der Waals surface area contributed by atoms with Gasteiger partial charge in [-0.3, -0.25) is 14.7 Å². The molecule has 3 amide bonds. The third-order valence-electron chi connectivity index (χ3n) is 4.45. The van der Waals surface area contributed by atoms with Crippen molar-refractivity contribution in [3.8, 4) is 11.4 Å². The predicted molar refractivity (Wildman–Crippen MR) is 104 cm³/mol. The number of hydrogen-bond donors (Lipinski definition) is 3. The lowest BCUT2D eigenvalue weighted by molar-refractivity contribution is -0.119. The maximum atomic E-state index is 11.7. The number of para-hydroxylation sites is 1. The lowest BCUT2D eigenvalue weighted by Crippen LogP contribution is -2.37. The molecule has 0 aliphatic heterocycles. The van der Waals surface area contributed by atoms with Gasteiger partial charge in [-0.05, 0) is 18.9 Å². The van der Waals surface area contributed by atoms with Gasteiger partial charge in [-0.25, -0.2) is 4.79 Å². The van der Waals surface area contributed by atoms with E-state index in [1.54, 1.807) is 0 Å². The molecule has 0 unspecified atom stereocenters. The molecule has 9 heteroatoms. The quantitative estimate of drug-likeness (QED) is 0.567. The zero-order valence-electron chi connectivity index (χ0n) is 14.9. The van der Waals surface area contributed by atoms with E-state index < -0.39 is 6.03 Å². The van der Waals surface area contributed by atoms with Crippen LogP contribution < -0.4 is 10.6 Å². The molecule has 0 atom stereocenters. The van der Waals surface area contributed by atoms with Crippen LogP contribution >= 0.6 is 11.8 Å². The highest BCUT2D eigenvalue weighted by atomic mass is 32.2. The molecule has 1 aromatic carbocycles. The molecule has 4 rings (SSSR count). The molecule has 27 heavy (non-hydrogen) atoms. The van der Waals surface area contributed by atoms with Crippen LogP contribution in [0.4, 0.5) is 4.79 Å². The minimum Gasteiger partial charge on any atom is -0.360 e. The van der Waals surface area contributed by atoms with E-state index in [2.05, 4.69) is 36.4 Å². The van der Waals surface area contributed by atoms with Gasteiger partial charge in [0.1, 0.15) is 0 Å². The van der Waals surface area contributed by atoms with E-state index in [1.165, 1.54) is 18.8 Å². The first-order chi connectivity index (χ1) is 13.2. The Kier molecular flexibility index (Phi) is 4.85. The maximum absolute atomic E-state index is 11.7. The number of imide groups is 1. The number of carbonyl (C=O) groups excluding carboxylic acids is 2. The standard InChI is InChI=1S/C18H20N6O2S/c1-19-17(26)21-15(25)8-9-27-18-23-22-16(24(18)11-6-7-11)13-10-20-14-5-3-2-4-12(13)14/h2-5,10-11,20H,6-9H2,1H3,(H2,19,21,25,26). The largest absolute Gasteiger partial charge is 0.360 e. The molecular weight excluding hydrogens is 364 g/mol. The normalized spacial score (nSPS) is 13.7. The molecule has 2 aromatic heterocycles. The molecule has 2 heterocycles. The number of nitrogens with one attached hydrogen (secondary N) is 3. The first kappa shape index (κ1) is 17.6. The van der Waals surface area contributed by atoms with Crippen LogP contribution in [0.1, 0.15) is 25.3 Å². The monoisotopic (exact) mass is 384 g/mol. The molecule has 0 saturated heterocycles. The van der Waals surface area contributed by atoms with E-state index in [9.17, 15) is 9.59 Å². The molecule has 3 aromatic rings. The number of aromatic nitrogens is 4. The fourth-order valence-electron chi connectivity index (χ4n) is 2.96. The number of nitrogens with zero attached hydrogens (tertiary/aromatic N) is 3. The summed E-state index contributed by atoms with van der Waals surface area (Å²) in [7, 11) is 1.47. The fraction of sp³-hybridized carbons (Fsp3) is 0.333. The number of amides is 3. The number of fused-ring (bicyclic) bond motifs is 1. The van der Waals surface area contributed by atoms with Crippen LogP contribution in [-0.2, 0) is 4.79 Å². The summed E-state index contributed by atoms with van der Waals surface area (Å²) >= 11 is 1.49. The van der Waals surface area contributed by atoms with Crippen molar-refractivity contribution in [2.24, 2.45) is 0 Å². The Morgan fingerprint density at radius 3 is 2.89 bits per heavy atom. The first-order valence-corrected chi connectivity index (χ1v) is 9.81. The van der Waals surface area contributed by atoms with Crippen LogP contribution in [0.25, 0.3) is 22.3 Å². The summed E-state index contributed by atoms with van der Waals surface area (Å²) in [6.07, 6.45) is 4.42. The number of benzene rings is 1. The van der Waals surface area contributed by atoms with Crippen LogP contribution in [0, 0.1) is 0 Å². The molecule has 1 fully saturated rings. The number of urea groups is 1. The van der Waals surface area contributed by atoms with E-state index in [0.29, 0.717) is 11.8 Å². The van der Waals surface area contributed by atoms with Crippen molar-refractivity contribution < 1.29 is 9.59 Å². The van der Waals surface area contributed by atoms with Gasteiger partial charge in [-0.2, -0.15) is 0 Å². The van der Waals surface area contributed by atoms with Crippen molar-refractivity contribution in [2.75, 3.05) is 12.8 Å². The average Bonchev–Trinajstić information content (AvgIpc) is 3.29. The Bertz CT molecular complexity index is 991. The SMILES string of the molecule is CNC(=O)NC(=O)CCSc1nnc(-c2c[nH]c3ccccc23)n1C1CC1. The van der Waals surface area contributed by atoms with Crippen molar-refractivity contribution >= 4 is 34.6 Å². The van der Waals surface area contributed by atoms with Crippen molar-refractivity contribution in [3.63, 3.8) is 0 Å². The molecule has 0 bridgehead atoms. The number of rotatable bonds is 6. The second-order valence-electron chi connectivity index (χ2n) is 6.38. The summed E-state index contributed by atoms with van der Waals surface area (Å²) in [6, 6.07) is 8.04. The predicted octanol–water partition coefficient (Wildman–Crippen LogP) is 2.70. The van der Waals surface area contributed by atoms with Crippen LogP contribution in [-0.4, -0.2) is 44.5 Å². The average molecular weight is 384 g/mol. The van der Waals surface area contributed by atoms with Crippen molar-refractivity contribution in [3.05, 3.63) is 30.5 Å². The minimum atomic E-state index is -0.493. The van der Waals surface area contributed by atoms with E-state index in [4.69, 9.17) is 0 Å². The van der Waals surface area contributed by atoms with Gasteiger partial charge in [-0.1, -0.05) is 30.0 Å². The number of carbonyl (C=O) groups is 2. The van der Waals surface area contributed by atoms with Crippen LogP contribution in [0.5, 0.6) is 0 Å². The van der Waals surface area contributed by atoms with Gasteiger partial charge in [0.25, 0.3) is 0 Å². The first-order valence-electron chi connectivity index (χ1n) is 8.83. The molecule has 1 saturated carbocycles. The summed E-state index contributed by atoms with van der Waals surface area (Å²) in [5.41, 5.74) is 2.10. The Morgan fingerprint density at radius 1 is 1.30 bits per heavy atom. The van der Waals surface area contributed by atoms with Gasteiger partial charge in [0.15, 0.2) is 11.0 Å².